The van der Waals surface area contributed by atoms with Crippen LogP contribution in [-0.4, -0.2) is 41.1 Å². The highest BCUT2D eigenvalue weighted by Gasteiger charge is 2.41. The fourth-order valence-corrected chi connectivity index (χ4v) is 2.17. The van der Waals surface area contributed by atoms with E-state index in [0.717, 1.165) is 19.3 Å². The van der Waals surface area contributed by atoms with Crippen LogP contribution in [0.5, 0.6) is 0 Å². The summed E-state index contributed by atoms with van der Waals surface area (Å²) in [6, 6.07) is 1.53. The first-order valence-electron chi connectivity index (χ1n) is 6.15. The van der Waals surface area contributed by atoms with Crippen LogP contribution in [0, 0.1) is 11.3 Å². The van der Waals surface area contributed by atoms with E-state index in [-0.39, 0.29) is 6.42 Å². The van der Waals surface area contributed by atoms with Crippen LogP contribution >= 0.6 is 0 Å². The molecule has 0 aromatic heterocycles. The first kappa shape index (κ1) is 14.3. The van der Waals surface area contributed by atoms with Crippen molar-refractivity contribution in [1.29, 1.82) is 5.26 Å². The number of hydrogen-bond acceptors (Lipinski definition) is 3. The molecule has 100 valence electrons. The third kappa shape index (κ3) is 3.36. The number of carbonyl (C=O) groups is 2. The van der Waals surface area contributed by atoms with Crippen LogP contribution in [-0.2, 0) is 4.79 Å². The molecule has 0 heterocycles. The Morgan fingerprint density at radius 3 is 2.50 bits per heavy atom. The lowest BCUT2D eigenvalue weighted by Crippen LogP contribution is -2.58. The molecule has 1 aliphatic rings. The Balaban J connectivity index is 2.64. The second-order valence-electron chi connectivity index (χ2n) is 4.71. The molecule has 0 radical (unpaired) electrons. The lowest BCUT2D eigenvalue weighted by molar-refractivity contribution is -0.145. The predicted molar refractivity (Wildman–Crippen MR) is 64.8 cm³/mol. The lowest BCUT2D eigenvalue weighted by Gasteiger charge is -2.35. The van der Waals surface area contributed by atoms with Crippen LogP contribution in [0.1, 0.15) is 38.5 Å². The molecule has 0 saturated heterocycles. The van der Waals surface area contributed by atoms with E-state index in [1.807, 2.05) is 6.07 Å². The van der Waals surface area contributed by atoms with E-state index in [1.54, 1.807) is 7.05 Å². The quantitative estimate of drug-likeness (QED) is 0.790. The Morgan fingerprint density at radius 1 is 1.39 bits per heavy atom. The summed E-state index contributed by atoms with van der Waals surface area (Å²) in [6.07, 6.45) is 3.82. The van der Waals surface area contributed by atoms with Crippen molar-refractivity contribution in [1.82, 2.24) is 10.2 Å². The SMILES string of the molecule is CN(CCC#N)C(=O)NC1(C(=O)O)CCCCC1. The van der Waals surface area contributed by atoms with E-state index in [0.29, 0.717) is 19.4 Å². The first-order valence-corrected chi connectivity index (χ1v) is 6.15. The van der Waals surface area contributed by atoms with E-state index in [9.17, 15) is 14.7 Å². The van der Waals surface area contributed by atoms with Gasteiger partial charge in [0, 0.05) is 13.6 Å². The molecule has 1 fully saturated rings. The minimum Gasteiger partial charge on any atom is -0.480 e. The van der Waals surface area contributed by atoms with Crippen LogP contribution in [0.4, 0.5) is 4.79 Å². The van der Waals surface area contributed by atoms with Gasteiger partial charge in [0.05, 0.1) is 12.5 Å². The highest BCUT2D eigenvalue weighted by Crippen LogP contribution is 2.28. The maximum Gasteiger partial charge on any atom is 0.329 e. The topological polar surface area (TPSA) is 93.4 Å². The maximum atomic E-state index is 11.9. The van der Waals surface area contributed by atoms with Crippen molar-refractivity contribution in [3.05, 3.63) is 0 Å². The minimum absolute atomic E-state index is 0.240. The van der Waals surface area contributed by atoms with Gasteiger partial charge in [-0.2, -0.15) is 5.26 Å². The number of hydrogen-bond donors (Lipinski definition) is 2. The third-order valence-electron chi connectivity index (χ3n) is 3.37. The van der Waals surface area contributed by atoms with Gasteiger partial charge < -0.3 is 15.3 Å². The molecule has 0 aromatic rings. The Hall–Kier alpha value is -1.77. The van der Waals surface area contributed by atoms with Crippen molar-refractivity contribution in [3.63, 3.8) is 0 Å². The molecule has 6 nitrogen and oxygen atoms in total. The summed E-state index contributed by atoms with van der Waals surface area (Å²) in [4.78, 5) is 24.6. The van der Waals surface area contributed by atoms with Gasteiger partial charge in [0.15, 0.2) is 0 Å². The number of amides is 2. The molecule has 0 unspecified atom stereocenters. The number of nitrogens with one attached hydrogen (secondary N) is 1. The maximum absolute atomic E-state index is 11.9. The summed E-state index contributed by atoms with van der Waals surface area (Å²) >= 11 is 0. The molecule has 0 aliphatic heterocycles. The van der Waals surface area contributed by atoms with Gasteiger partial charge in [-0.15, -0.1) is 0 Å². The van der Waals surface area contributed by atoms with Gasteiger partial charge >= 0.3 is 12.0 Å². The van der Waals surface area contributed by atoms with Crippen molar-refractivity contribution >= 4 is 12.0 Å². The average molecular weight is 253 g/mol. The Kier molecular flexibility index (Phi) is 4.95. The van der Waals surface area contributed by atoms with E-state index in [4.69, 9.17) is 5.26 Å². The zero-order valence-electron chi connectivity index (χ0n) is 10.6. The van der Waals surface area contributed by atoms with Crippen LogP contribution in [0.3, 0.4) is 0 Å². The number of carboxylic acids is 1. The molecule has 0 spiro atoms. The highest BCUT2D eigenvalue weighted by molar-refractivity contribution is 5.86. The second kappa shape index (κ2) is 6.24. The summed E-state index contributed by atoms with van der Waals surface area (Å²) in [5.74, 6) is -0.968. The van der Waals surface area contributed by atoms with E-state index >= 15 is 0 Å². The van der Waals surface area contributed by atoms with E-state index in [1.165, 1.54) is 4.90 Å². The van der Waals surface area contributed by atoms with Gasteiger partial charge in [-0.3, -0.25) is 0 Å². The molecule has 6 heteroatoms. The smallest absolute Gasteiger partial charge is 0.329 e. The van der Waals surface area contributed by atoms with Gasteiger partial charge in [-0.05, 0) is 12.8 Å². The summed E-state index contributed by atoms with van der Waals surface area (Å²) in [6.45, 7) is 0.304. The normalized spacial score (nSPS) is 17.6. The first-order chi connectivity index (χ1) is 8.52. The number of rotatable bonds is 4. The van der Waals surface area contributed by atoms with Crippen molar-refractivity contribution in [2.24, 2.45) is 0 Å². The molecule has 1 aliphatic carbocycles. The Morgan fingerprint density at radius 2 is 2.00 bits per heavy atom. The fraction of sp³-hybridized carbons (Fsp3) is 0.750. The molecular weight excluding hydrogens is 234 g/mol. The zero-order chi connectivity index (χ0) is 13.6. The lowest BCUT2D eigenvalue weighted by atomic mass is 9.82. The molecule has 18 heavy (non-hydrogen) atoms. The van der Waals surface area contributed by atoms with Gasteiger partial charge in [-0.1, -0.05) is 19.3 Å². The molecule has 2 N–H and O–H groups in total. The monoisotopic (exact) mass is 253 g/mol. The molecule has 0 atom stereocenters. The zero-order valence-corrected chi connectivity index (χ0v) is 10.6. The predicted octanol–water partition coefficient (Wildman–Crippen LogP) is 1.33. The number of nitriles is 1. The standard InChI is InChI=1S/C12H19N3O3/c1-15(9-5-8-13)11(18)14-12(10(16)17)6-3-2-4-7-12/h2-7,9H2,1H3,(H,14,18)(H,16,17). The molecule has 1 saturated carbocycles. The number of aliphatic carboxylic acids is 1. The Labute approximate surface area is 107 Å². The fourth-order valence-electron chi connectivity index (χ4n) is 2.17. The van der Waals surface area contributed by atoms with E-state index < -0.39 is 17.5 Å². The average Bonchev–Trinajstić information content (AvgIpc) is 2.36. The molecule has 2 amide bonds. The largest absolute Gasteiger partial charge is 0.480 e. The summed E-state index contributed by atoms with van der Waals surface area (Å²) < 4.78 is 0. The second-order valence-corrected chi connectivity index (χ2v) is 4.71. The van der Waals surface area contributed by atoms with Crippen LogP contribution in [0.2, 0.25) is 0 Å². The molecular formula is C12H19N3O3. The summed E-state index contributed by atoms with van der Waals surface area (Å²) in [7, 11) is 1.56. The van der Waals surface area contributed by atoms with Crippen LogP contribution in [0.25, 0.3) is 0 Å². The Bertz CT molecular complexity index is 356. The summed E-state index contributed by atoms with van der Waals surface area (Å²) in [5.41, 5.74) is -1.13. The number of nitrogens with zero attached hydrogens (tertiary/aromatic N) is 2. The molecule has 0 bridgehead atoms. The summed E-state index contributed by atoms with van der Waals surface area (Å²) in [5, 5.41) is 20.4. The van der Waals surface area contributed by atoms with Gasteiger partial charge in [0.2, 0.25) is 0 Å². The van der Waals surface area contributed by atoms with Gasteiger partial charge in [0.1, 0.15) is 5.54 Å². The minimum atomic E-state index is -1.13. The number of carbonyl (C=O) groups excluding carboxylic acids is 1. The molecule has 0 aromatic carbocycles. The third-order valence-corrected chi connectivity index (χ3v) is 3.37. The van der Waals surface area contributed by atoms with Crippen molar-refractivity contribution in [2.45, 2.75) is 44.1 Å². The van der Waals surface area contributed by atoms with Crippen molar-refractivity contribution < 1.29 is 14.7 Å². The number of urea groups is 1. The van der Waals surface area contributed by atoms with E-state index in [2.05, 4.69) is 5.32 Å². The van der Waals surface area contributed by atoms with Crippen molar-refractivity contribution in [3.8, 4) is 6.07 Å². The van der Waals surface area contributed by atoms with Crippen molar-refractivity contribution in [2.75, 3.05) is 13.6 Å². The molecule has 1 rings (SSSR count). The van der Waals surface area contributed by atoms with Gasteiger partial charge in [-0.25, -0.2) is 9.59 Å². The highest BCUT2D eigenvalue weighted by atomic mass is 16.4. The number of carboxylic acid groups (broad SMARTS) is 1. The van der Waals surface area contributed by atoms with Crippen LogP contribution in [0.15, 0.2) is 0 Å². The van der Waals surface area contributed by atoms with Crippen LogP contribution < -0.4 is 5.32 Å². The van der Waals surface area contributed by atoms with Gasteiger partial charge in [0.25, 0.3) is 0 Å².